The molecule has 0 radical (unpaired) electrons. The molecule has 1 spiro atoms. The molecule has 3 heterocycles. The van der Waals surface area contributed by atoms with Gasteiger partial charge in [0.05, 0.1) is 24.4 Å². The molecule has 104 valence electrons. The number of nitrogens with one attached hydrogen (secondary N) is 1. The molecule has 0 amide bonds. The first-order valence-corrected chi connectivity index (χ1v) is 6.51. The molecule has 3 rings (SSSR count). The monoisotopic (exact) mass is 275 g/mol. The van der Waals surface area contributed by atoms with Crippen molar-refractivity contribution >= 4 is 19.5 Å². The summed E-state index contributed by atoms with van der Waals surface area (Å²) in [4.78, 5) is 0. The van der Waals surface area contributed by atoms with Crippen molar-refractivity contribution in [2.24, 2.45) is 5.41 Å². The van der Waals surface area contributed by atoms with Crippen LogP contribution in [0.1, 0.15) is 27.7 Å². The van der Waals surface area contributed by atoms with Gasteiger partial charge in [-0.2, -0.15) is 0 Å². The molecule has 3 fully saturated rings. The van der Waals surface area contributed by atoms with Crippen LogP contribution >= 0.6 is 12.4 Å². The van der Waals surface area contributed by atoms with E-state index in [1.165, 1.54) is 0 Å². The fourth-order valence-electron chi connectivity index (χ4n) is 2.94. The molecule has 0 aromatic heterocycles. The second kappa shape index (κ2) is 4.35. The highest BCUT2D eigenvalue weighted by molar-refractivity contribution is 6.48. The number of halogens is 1. The molecule has 3 aliphatic heterocycles. The van der Waals surface area contributed by atoms with Crippen molar-refractivity contribution in [1.29, 1.82) is 0 Å². The summed E-state index contributed by atoms with van der Waals surface area (Å²) < 4.78 is 17.7. The first-order chi connectivity index (χ1) is 7.86. The highest BCUT2D eigenvalue weighted by atomic mass is 35.5. The molecule has 0 aromatic rings. The van der Waals surface area contributed by atoms with Crippen LogP contribution < -0.4 is 5.32 Å². The summed E-state index contributed by atoms with van der Waals surface area (Å²) in [5.41, 5.74) is -0.209. The molecule has 0 aliphatic carbocycles. The van der Waals surface area contributed by atoms with Gasteiger partial charge in [-0.1, -0.05) is 0 Å². The highest BCUT2D eigenvalue weighted by Gasteiger charge is 2.61. The van der Waals surface area contributed by atoms with Gasteiger partial charge in [-0.15, -0.1) is 12.4 Å². The molecule has 0 saturated carbocycles. The van der Waals surface area contributed by atoms with Crippen LogP contribution in [-0.4, -0.2) is 44.6 Å². The molecule has 3 aliphatic rings. The summed E-state index contributed by atoms with van der Waals surface area (Å²) in [6.07, 6.45) is 0. The van der Waals surface area contributed by atoms with E-state index in [0.29, 0.717) is 5.82 Å². The Morgan fingerprint density at radius 1 is 1.06 bits per heavy atom. The molecule has 6 heteroatoms. The fourth-order valence-corrected chi connectivity index (χ4v) is 2.94. The predicted octanol–water partition coefficient (Wildman–Crippen LogP) is 1.49. The lowest BCUT2D eigenvalue weighted by atomic mass is 9.58. The third kappa shape index (κ3) is 1.91. The first-order valence-electron chi connectivity index (χ1n) is 6.51. The Morgan fingerprint density at radius 3 is 2.06 bits per heavy atom. The molecule has 3 saturated heterocycles. The Balaban J connectivity index is 0.00000120. The third-order valence-electron chi connectivity index (χ3n) is 5.01. The normalized spacial score (nSPS) is 35.3. The summed E-state index contributed by atoms with van der Waals surface area (Å²) in [6, 6.07) is 0. The summed E-state index contributed by atoms with van der Waals surface area (Å²) in [5.74, 6) is 0.414. The Hall–Kier alpha value is 0.195. The van der Waals surface area contributed by atoms with Crippen LogP contribution in [0.15, 0.2) is 0 Å². The summed E-state index contributed by atoms with van der Waals surface area (Å²) in [6.45, 7) is 12.1. The van der Waals surface area contributed by atoms with Crippen LogP contribution in [0, 0.1) is 5.41 Å². The van der Waals surface area contributed by atoms with Gasteiger partial charge >= 0.3 is 7.12 Å². The lowest BCUT2D eigenvalue weighted by Gasteiger charge is -2.42. The predicted molar refractivity (Wildman–Crippen MR) is 73.2 cm³/mol. The minimum absolute atomic E-state index is 0. The fraction of sp³-hybridized carbons (Fsp3) is 1.00. The maximum absolute atomic E-state index is 6.16. The lowest BCUT2D eigenvalue weighted by Crippen LogP contribution is -2.51. The van der Waals surface area contributed by atoms with Crippen molar-refractivity contribution in [3.63, 3.8) is 0 Å². The van der Waals surface area contributed by atoms with E-state index in [-0.39, 0.29) is 36.1 Å². The van der Waals surface area contributed by atoms with Gasteiger partial charge < -0.3 is 19.4 Å². The largest absolute Gasteiger partial charge is 0.463 e. The molecule has 1 unspecified atom stereocenters. The van der Waals surface area contributed by atoms with E-state index in [2.05, 4.69) is 33.0 Å². The summed E-state index contributed by atoms with van der Waals surface area (Å²) >= 11 is 0. The average Bonchev–Trinajstić information content (AvgIpc) is 2.65. The van der Waals surface area contributed by atoms with Crippen molar-refractivity contribution < 1.29 is 14.0 Å². The van der Waals surface area contributed by atoms with Gasteiger partial charge in [0.25, 0.3) is 0 Å². The molecule has 1 N–H and O–H groups in total. The zero-order valence-electron chi connectivity index (χ0n) is 11.6. The van der Waals surface area contributed by atoms with E-state index < -0.39 is 0 Å². The number of rotatable bonds is 1. The molecule has 18 heavy (non-hydrogen) atoms. The third-order valence-corrected chi connectivity index (χ3v) is 5.01. The first kappa shape index (κ1) is 14.6. The van der Waals surface area contributed by atoms with Crippen molar-refractivity contribution in [2.45, 2.75) is 44.7 Å². The second-order valence-corrected chi connectivity index (χ2v) is 6.72. The number of hydrogen-bond acceptors (Lipinski definition) is 4. The van der Waals surface area contributed by atoms with Crippen LogP contribution in [-0.2, 0) is 14.0 Å². The van der Waals surface area contributed by atoms with E-state index in [9.17, 15) is 0 Å². The van der Waals surface area contributed by atoms with Crippen LogP contribution in [0.4, 0.5) is 0 Å². The molecule has 0 aromatic carbocycles. The minimum Gasteiger partial charge on any atom is -0.403 e. The van der Waals surface area contributed by atoms with Gasteiger partial charge in [-0.05, 0) is 34.2 Å². The SMILES string of the molecule is CC1(C)OB(C2CNCC23COC3)OC1(C)C.Cl. The summed E-state index contributed by atoms with van der Waals surface area (Å²) in [5, 5.41) is 3.46. The number of hydrogen-bond donors (Lipinski definition) is 1. The van der Waals surface area contributed by atoms with E-state index in [1.807, 2.05) is 0 Å². The molecule has 1 atom stereocenters. The van der Waals surface area contributed by atoms with Crippen LogP contribution in [0.2, 0.25) is 5.82 Å². The quantitative estimate of drug-likeness (QED) is 0.736. The van der Waals surface area contributed by atoms with E-state index in [1.54, 1.807) is 0 Å². The number of ether oxygens (including phenoxy) is 1. The lowest BCUT2D eigenvalue weighted by molar-refractivity contribution is -0.103. The van der Waals surface area contributed by atoms with Gasteiger partial charge in [0, 0.05) is 17.8 Å². The Kier molecular flexibility index (Phi) is 3.53. The van der Waals surface area contributed by atoms with Crippen LogP contribution in [0.25, 0.3) is 0 Å². The topological polar surface area (TPSA) is 39.7 Å². The van der Waals surface area contributed by atoms with Crippen LogP contribution in [0.3, 0.4) is 0 Å². The Bertz CT molecular complexity index is 317. The zero-order chi connectivity index (χ0) is 12.3. The van der Waals surface area contributed by atoms with Gasteiger partial charge in [0.15, 0.2) is 0 Å². The Labute approximate surface area is 116 Å². The van der Waals surface area contributed by atoms with Crippen molar-refractivity contribution in [3.8, 4) is 0 Å². The molecular formula is C12H23BClNO3. The summed E-state index contributed by atoms with van der Waals surface area (Å²) in [7, 11) is -0.0982. The van der Waals surface area contributed by atoms with Crippen molar-refractivity contribution in [1.82, 2.24) is 5.32 Å². The standard InChI is InChI=1S/C12H22BNO3.ClH/c1-10(2)11(3,4)17-13(16-10)9-5-14-6-12(9)7-15-8-12;/h9,14H,5-8H2,1-4H3;1H. The molecule has 4 nitrogen and oxygen atoms in total. The Morgan fingerprint density at radius 2 is 1.61 bits per heavy atom. The average molecular weight is 276 g/mol. The minimum atomic E-state index is -0.230. The van der Waals surface area contributed by atoms with Crippen LogP contribution in [0.5, 0.6) is 0 Å². The molecular weight excluding hydrogens is 252 g/mol. The van der Waals surface area contributed by atoms with Gasteiger partial charge in [0.1, 0.15) is 0 Å². The van der Waals surface area contributed by atoms with E-state index in [0.717, 1.165) is 26.3 Å². The highest BCUT2D eigenvalue weighted by Crippen LogP contribution is 2.49. The van der Waals surface area contributed by atoms with Gasteiger partial charge in [-0.25, -0.2) is 0 Å². The maximum atomic E-state index is 6.16. The smallest absolute Gasteiger partial charge is 0.403 e. The van der Waals surface area contributed by atoms with Gasteiger partial charge in [-0.3, -0.25) is 0 Å². The van der Waals surface area contributed by atoms with E-state index >= 15 is 0 Å². The zero-order valence-corrected chi connectivity index (χ0v) is 12.4. The maximum Gasteiger partial charge on any atom is 0.463 e. The second-order valence-electron chi connectivity index (χ2n) is 6.72. The van der Waals surface area contributed by atoms with E-state index in [4.69, 9.17) is 14.0 Å². The van der Waals surface area contributed by atoms with Crippen molar-refractivity contribution in [3.05, 3.63) is 0 Å². The van der Waals surface area contributed by atoms with Gasteiger partial charge in [0.2, 0.25) is 0 Å². The molecule has 0 bridgehead atoms. The van der Waals surface area contributed by atoms with Crippen molar-refractivity contribution in [2.75, 3.05) is 26.3 Å².